The van der Waals surface area contributed by atoms with Crippen LogP contribution < -0.4 is 4.74 Å². The Morgan fingerprint density at radius 2 is 1.41 bits per heavy atom. The number of carbonyl (C=O) groups excluding carboxylic acids is 2. The van der Waals surface area contributed by atoms with E-state index in [0.717, 1.165) is 5.56 Å². The smallest absolute Gasteiger partial charge is 0.170 e. The number of ketones is 2. The summed E-state index contributed by atoms with van der Waals surface area (Å²) in [7, 11) is 0. The minimum absolute atomic E-state index is 0.0638. The average molecular weight is 298 g/mol. The van der Waals surface area contributed by atoms with Gasteiger partial charge in [0.2, 0.25) is 0 Å². The summed E-state index contributed by atoms with van der Waals surface area (Å²) in [5.41, 5.74) is 2.08. The Hall–Kier alpha value is -2.46. The highest BCUT2D eigenvalue weighted by molar-refractivity contribution is 6.13. The molecule has 0 aliphatic carbocycles. The zero-order valence-corrected chi connectivity index (χ0v) is 12.4. The average Bonchev–Trinajstić information content (AvgIpc) is 2.54. The molecule has 4 nitrogen and oxygen atoms in total. The van der Waals surface area contributed by atoms with Crippen LogP contribution in [0.1, 0.15) is 32.7 Å². The Bertz CT molecular complexity index is 642. The van der Waals surface area contributed by atoms with Crippen LogP contribution in [0.5, 0.6) is 5.75 Å². The molecule has 0 atom stereocenters. The molecular formula is C18H18O4. The van der Waals surface area contributed by atoms with Crippen molar-refractivity contribution in [3.63, 3.8) is 0 Å². The van der Waals surface area contributed by atoms with Crippen molar-refractivity contribution in [2.45, 2.75) is 13.3 Å². The monoisotopic (exact) mass is 298 g/mol. The molecule has 0 saturated carbocycles. The quantitative estimate of drug-likeness (QED) is 0.630. The molecule has 0 aliphatic rings. The standard InChI is InChI=1S/C18H18O4/c1-13-2-4-14(5-3-13)17(20)12-18(21)15-6-8-16(9-7-15)22-11-10-19/h2-9,19H,10-12H2,1H3. The highest BCUT2D eigenvalue weighted by Gasteiger charge is 2.13. The maximum atomic E-state index is 12.1. The summed E-state index contributed by atoms with van der Waals surface area (Å²) in [6, 6.07) is 13.7. The lowest BCUT2D eigenvalue weighted by molar-refractivity contribution is 0.0894. The molecule has 2 aromatic rings. The normalized spacial score (nSPS) is 10.3. The molecule has 0 bridgehead atoms. The molecule has 0 aromatic heterocycles. The maximum Gasteiger partial charge on any atom is 0.170 e. The van der Waals surface area contributed by atoms with Gasteiger partial charge in [-0.1, -0.05) is 29.8 Å². The van der Waals surface area contributed by atoms with Gasteiger partial charge in [0.05, 0.1) is 13.0 Å². The highest BCUT2D eigenvalue weighted by atomic mass is 16.5. The van der Waals surface area contributed by atoms with Crippen LogP contribution in [0.15, 0.2) is 48.5 Å². The number of ether oxygens (including phenoxy) is 1. The van der Waals surface area contributed by atoms with E-state index >= 15 is 0 Å². The number of hydrogen-bond acceptors (Lipinski definition) is 4. The zero-order chi connectivity index (χ0) is 15.9. The van der Waals surface area contributed by atoms with Crippen molar-refractivity contribution < 1.29 is 19.4 Å². The van der Waals surface area contributed by atoms with Gasteiger partial charge in [-0.3, -0.25) is 9.59 Å². The Morgan fingerprint density at radius 1 is 0.909 bits per heavy atom. The first-order chi connectivity index (χ1) is 10.6. The predicted molar refractivity (Wildman–Crippen MR) is 83.5 cm³/mol. The van der Waals surface area contributed by atoms with Gasteiger partial charge in [0, 0.05) is 11.1 Å². The van der Waals surface area contributed by atoms with Crippen LogP contribution in [-0.4, -0.2) is 29.9 Å². The van der Waals surface area contributed by atoms with E-state index in [9.17, 15) is 9.59 Å². The van der Waals surface area contributed by atoms with Crippen molar-refractivity contribution in [3.05, 3.63) is 65.2 Å². The minimum atomic E-state index is -0.223. The van der Waals surface area contributed by atoms with Gasteiger partial charge in [0.1, 0.15) is 12.4 Å². The number of hydrogen-bond donors (Lipinski definition) is 1. The molecule has 2 aromatic carbocycles. The Balaban J connectivity index is 1.99. The van der Waals surface area contributed by atoms with Crippen LogP contribution in [-0.2, 0) is 0 Å². The number of benzene rings is 2. The largest absolute Gasteiger partial charge is 0.491 e. The van der Waals surface area contributed by atoms with Crippen LogP contribution in [0.3, 0.4) is 0 Å². The SMILES string of the molecule is Cc1ccc(C(=O)CC(=O)c2ccc(OCCO)cc2)cc1. The summed E-state index contributed by atoms with van der Waals surface area (Å²) in [5.74, 6) is 0.167. The summed E-state index contributed by atoms with van der Waals surface area (Å²) in [4.78, 5) is 24.2. The van der Waals surface area contributed by atoms with Gasteiger partial charge < -0.3 is 9.84 Å². The van der Waals surface area contributed by atoms with E-state index < -0.39 is 0 Å². The van der Waals surface area contributed by atoms with E-state index in [1.807, 2.05) is 19.1 Å². The second kappa shape index (κ2) is 7.52. The molecule has 0 amide bonds. The first kappa shape index (κ1) is 15.9. The van der Waals surface area contributed by atoms with Crippen LogP contribution in [0, 0.1) is 6.92 Å². The topological polar surface area (TPSA) is 63.6 Å². The van der Waals surface area contributed by atoms with Crippen molar-refractivity contribution >= 4 is 11.6 Å². The van der Waals surface area contributed by atoms with Gasteiger partial charge in [0.15, 0.2) is 11.6 Å². The number of Topliss-reactive ketones (excluding diaryl/α,β-unsaturated/α-hetero) is 2. The molecular weight excluding hydrogens is 280 g/mol. The van der Waals surface area contributed by atoms with Gasteiger partial charge in [-0.25, -0.2) is 0 Å². The Labute approximate surface area is 129 Å². The summed E-state index contributed by atoms with van der Waals surface area (Å²) < 4.78 is 5.22. The van der Waals surface area contributed by atoms with Gasteiger partial charge in [-0.15, -0.1) is 0 Å². The molecule has 0 aliphatic heterocycles. The molecule has 22 heavy (non-hydrogen) atoms. The number of carbonyl (C=O) groups is 2. The summed E-state index contributed by atoms with van der Waals surface area (Å²) in [6.07, 6.45) is -0.153. The van der Waals surface area contributed by atoms with Gasteiger partial charge in [-0.05, 0) is 31.2 Å². The lowest BCUT2D eigenvalue weighted by Crippen LogP contribution is -2.09. The molecule has 0 spiro atoms. The maximum absolute atomic E-state index is 12.1. The van der Waals surface area contributed by atoms with Gasteiger partial charge in [0.25, 0.3) is 0 Å². The van der Waals surface area contributed by atoms with E-state index in [0.29, 0.717) is 16.9 Å². The van der Waals surface area contributed by atoms with Gasteiger partial charge in [-0.2, -0.15) is 0 Å². The van der Waals surface area contributed by atoms with E-state index in [1.165, 1.54) is 0 Å². The predicted octanol–water partition coefficient (Wildman–Crippen LogP) is 2.82. The molecule has 4 heteroatoms. The fraction of sp³-hybridized carbons (Fsp3) is 0.222. The van der Waals surface area contributed by atoms with Crippen LogP contribution in [0.25, 0.3) is 0 Å². The third kappa shape index (κ3) is 4.27. The van der Waals surface area contributed by atoms with Crippen LogP contribution >= 0.6 is 0 Å². The van der Waals surface area contributed by atoms with Gasteiger partial charge >= 0.3 is 0 Å². The van der Waals surface area contributed by atoms with Crippen molar-refractivity contribution in [1.29, 1.82) is 0 Å². The molecule has 0 heterocycles. The van der Waals surface area contributed by atoms with E-state index in [4.69, 9.17) is 9.84 Å². The second-order valence-electron chi connectivity index (χ2n) is 4.99. The summed E-state index contributed by atoms with van der Waals surface area (Å²) in [5, 5.41) is 8.68. The molecule has 1 N–H and O–H groups in total. The van der Waals surface area contributed by atoms with E-state index in [2.05, 4.69) is 0 Å². The molecule has 2 rings (SSSR count). The lowest BCUT2D eigenvalue weighted by Gasteiger charge is -2.05. The number of aryl methyl sites for hydroxylation is 1. The Morgan fingerprint density at radius 3 is 1.91 bits per heavy atom. The van der Waals surface area contributed by atoms with Crippen molar-refractivity contribution in [2.75, 3.05) is 13.2 Å². The molecule has 114 valence electrons. The first-order valence-electron chi connectivity index (χ1n) is 7.07. The molecule has 0 saturated heterocycles. The van der Waals surface area contributed by atoms with Crippen molar-refractivity contribution in [3.8, 4) is 5.75 Å². The highest BCUT2D eigenvalue weighted by Crippen LogP contribution is 2.15. The Kier molecular flexibility index (Phi) is 5.44. The second-order valence-corrected chi connectivity index (χ2v) is 4.99. The summed E-state index contributed by atoms with van der Waals surface area (Å²) >= 11 is 0. The molecule has 0 fully saturated rings. The van der Waals surface area contributed by atoms with Crippen molar-refractivity contribution in [1.82, 2.24) is 0 Å². The lowest BCUT2D eigenvalue weighted by atomic mass is 10.0. The van der Waals surface area contributed by atoms with Crippen LogP contribution in [0.4, 0.5) is 0 Å². The fourth-order valence-corrected chi connectivity index (χ4v) is 1.99. The first-order valence-corrected chi connectivity index (χ1v) is 7.07. The molecule has 0 radical (unpaired) electrons. The zero-order valence-electron chi connectivity index (χ0n) is 12.4. The van der Waals surface area contributed by atoms with Crippen LogP contribution in [0.2, 0.25) is 0 Å². The number of aliphatic hydroxyl groups excluding tert-OH is 1. The third-order valence-electron chi connectivity index (χ3n) is 3.23. The molecule has 0 unspecified atom stereocenters. The minimum Gasteiger partial charge on any atom is -0.491 e. The third-order valence-corrected chi connectivity index (χ3v) is 3.23. The number of aliphatic hydroxyl groups is 1. The number of rotatable bonds is 7. The fourth-order valence-electron chi connectivity index (χ4n) is 1.99. The van der Waals surface area contributed by atoms with Crippen molar-refractivity contribution in [2.24, 2.45) is 0 Å². The van der Waals surface area contributed by atoms with E-state index in [1.54, 1.807) is 36.4 Å². The van der Waals surface area contributed by atoms with E-state index in [-0.39, 0.29) is 31.2 Å². The summed E-state index contributed by atoms with van der Waals surface area (Å²) in [6.45, 7) is 2.09.